The summed E-state index contributed by atoms with van der Waals surface area (Å²) in [6.45, 7) is 0.610. The maximum atomic E-state index is 10.5. The Morgan fingerprint density at radius 3 is 2.50 bits per heavy atom. The molecule has 0 saturated heterocycles. The standard InChI is InChI=1S/C16H18N2O6/c19-11(8-17-7-10-1-3-15(21)16(22)5-10)9-24-12-2-4-14(20)13(6-12)18-23/h1-6,11,17,19-22H,7-9H2. The molecule has 2 aromatic rings. The van der Waals surface area contributed by atoms with E-state index in [2.05, 4.69) is 10.5 Å². The number of aromatic hydroxyl groups is 3. The number of nitrogens with zero attached hydrogens (tertiary/aromatic N) is 1. The Morgan fingerprint density at radius 1 is 1.04 bits per heavy atom. The molecule has 0 bridgehead atoms. The predicted octanol–water partition coefficient (Wildman–Crippen LogP) is 1.73. The first-order valence-electron chi connectivity index (χ1n) is 7.18. The highest BCUT2D eigenvalue weighted by molar-refractivity contribution is 5.54. The normalized spacial score (nSPS) is 11.9. The third kappa shape index (κ3) is 4.83. The van der Waals surface area contributed by atoms with Crippen LogP contribution >= 0.6 is 0 Å². The van der Waals surface area contributed by atoms with Crippen molar-refractivity contribution in [2.24, 2.45) is 5.18 Å². The van der Waals surface area contributed by atoms with E-state index in [0.717, 1.165) is 5.56 Å². The van der Waals surface area contributed by atoms with Gasteiger partial charge in [-0.25, -0.2) is 0 Å². The van der Waals surface area contributed by atoms with Crippen molar-refractivity contribution in [3.05, 3.63) is 46.9 Å². The number of hydrogen-bond donors (Lipinski definition) is 5. The fraction of sp³-hybridized carbons (Fsp3) is 0.250. The fourth-order valence-corrected chi connectivity index (χ4v) is 1.98. The Bertz CT molecular complexity index is 707. The highest BCUT2D eigenvalue weighted by atomic mass is 16.5. The molecule has 1 unspecified atom stereocenters. The Morgan fingerprint density at radius 2 is 1.79 bits per heavy atom. The van der Waals surface area contributed by atoms with Gasteiger partial charge in [-0.2, -0.15) is 0 Å². The molecule has 0 aliphatic carbocycles. The van der Waals surface area contributed by atoms with Gasteiger partial charge in [-0.15, -0.1) is 4.91 Å². The predicted molar refractivity (Wildman–Crippen MR) is 86.5 cm³/mol. The van der Waals surface area contributed by atoms with Crippen molar-refractivity contribution in [3.8, 4) is 23.0 Å². The summed E-state index contributed by atoms with van der Waals surface area (Å²) in [6.07, 6.45) is -0.808. The van der Waals surface area contributed by atoms with Crippen molar-refractivity contribution < 1.29 is 25.2 Å². The van der Waals surface area contributed by atoms with E-state index in [1.165, 1.54) is 30.3 Å². The quantitative estimate of drug-likeness (QED) is 0.367. The van der Waals surface area contributed by atoms with Gasteiger partial charge in [-0.3, -0.25) is 0 Å². The smallest absolute Gasteiger partial charge is 0.157 e. The molecule has 128 valence electrons. The summed E-state index contributed by atoms with van der Waals surface area (Å²) in [5.41, 5.74) is 0.617. The van der Waals surface area contributed by atoms with E-state index in [0.29, 0.717) is 12.3 Å². The summed E-state index contributed by atoms with van der Waals surface area (Å²) >= 11 is 0. The Labute approximate surface area is 137 Å². The van der Waals surface area contributed by atoms with Gasteiger partial charge in [-0.1, -0.05) is 6.07 Å². The van der Waals surface area contributed by atoms with Gasteiger partial charge in [0.2, 0.25) is 0 Å². The number of hydrogen-bond acceptors (Lipinski definition) is 8. The molecule has 0 amide bonds. The van der Waals surface area contributed by atoms with Crippen LogP contribution in [0.3, 0.4) is 0 Å². The lowest BCUT2D eigenvalue weighted by atomic mass is 10.2. The lowest BCUT2D eigenvalue weighted by molar-refractivity contribution is 0.106. The number of benzene rings is 2. The molecule has 8 nitrogen and oxygen atoms in total. The van der Waals surface area contributed by atoms with Crippen LogP contribution in [0.1, 0.15) is 5.56 Å². The van der Waals surface area contributed by atoms with Gasteiger partial charge in [0.15, 0.2) is 17.2 Å². The van der Waals surface area contributed by atoms with E-state index in [9.17, 15) is 25.3 Å². The maximum absolute atomic E-state index is 10.5. The number of nitroso groups, excluding NO2 is 1. The zero-order chi connectivity index (χ0) is 17.5. The first-order chi connectivity index (χ1) is 11.5. The molecule has 24 heavy (non-hydrogen) atoms. The van der Waals surface area contributed by atoms with Crippen molar-refractivity contribution in [2.45, 2.75) is 12.6 Å². The number of nitrogens with one attached hydrogen (secondary N) is 1. The average molecular weight is 334 g/mol. The highest BCUT2D eigenvalue weighted by Crippen LogP contribution is 2.30. The van der Waals surface area contributed by atoms with Crippen LogP contribution in [0.25, 0.3) is 0 Å². The number of phenols is 3. The van der Waals surface area contributed by atoms with Crippen LogP contribution in [0.5, 0.6) is 23.0 Å². The van der Waals surface area contributed by atoms with E-state index in [-0.39, 0.29) is 36.1 Å². The van der Waals surface area contributed by atoms with E-state index in [1.54, 1.807) is 6.07 Å². The molecule has 5 N–H and O–H groups in total. The molecule has 0 spiro atoms. The molecule has 0 heterocycles. The Kier molecular flexibility index (Phi) is 5.94. The minimum Gasteiger partial charge on any atom is -0.506 e. The van der Waals surface area contributed by atoms with Crippen LogP contribution in [0.4, 0.5) is 5.69 Å². The van der Waals surface area contributed by atoms with Crippen LogP contribution in [0.2, 0.25) is 0 Å². The summed E-state index contributed by atoms with van der Waals surface area (Å²) in [7, 11) is 0. The highest BCUT2D eigenvalue weighted by Gasteiger charge is 2.08. The first-order valence-corrected chi connectivity index (χ1v) is 7.18. The van der Waals surface area contributed by atoms with Gasteiger partial charge in [0.25, 0.3) is 0 Å². The summed E-state index contributed by atoms with van der Waals surface area (Å²) in [5.74, 6) is -0.322. The number of phenolic OH excluding ortho intramolecular Hbond substituents is 3. The molecular formula is C16H18N2O6. The van der Waals surface area contributed by atoms with Crippen molar-refractivity contribution in [1.29, 1.82) is 0 Å². The number of rotatable bonds is 8. The lowest BCUT2D eigenvalue weighted by Crippen LogP contribution is -2.31. The van der Waals surface area contributed by atoms with Crippen molar-refractivity contribution in [1.82, 2.24) is 5.32 Å². The molecular weight excluding hydrogens is 316 g/mol. The Hall–Kier alpha value is -2.84. The molecule has 2 rings (SSSR count). The van der Waals surface area contributed by atoms with Crippen LogP contribution in [0.15, 0.2) is 41.6 Å². The third-order valence-corrected chi connectivity index (χ3v) is 3.24. The molecule has 0 aliphatic heterocycles. The van der Waals surface area contributed by atoms with Crippen molar-refractivity contribution in [3.63, 3.8) is 0 Å². The zero-order valence-corrected chi connectivity index (χ0v) is 12.7. The third-order valence-electron chi connectivity index (χ3n) is 3.24. The van der Waals surface area contributed by atoms with Gasteiger partial charge >= 0.3 is 0 Å². The second-order valence-corrected chi connectivity index (χ2v) is 5.16. The number of aliphatic hydroxyl groups is 1. The van der Waals surface area contributed by atoms with E-state index in [4.69, 9.17) is 4.74 Å². The minimum atomic E-state index is -0.808. The van der Waals surface area contributed by atoms with Gasteiger partial charge in [-0.05, 0) is 35.0 Å². The molecule has 0 saturated carbocycles. The van der Waals surface area contributed by atoms with Crippen LogP contribution in [0, 0.1) is 4.91 Å². The second-order valence-electron chi connectivity index (χ2n) is 5.16. The van der Waals surface area contributed by atoms with Crippen molar-refractivity contribution >= 4 is 5.69 Å². The molecule has 0 radical (unpaired) electrons. The van der Waals surface area contributed by atoms with E-state index < -0.39 is 6.10 Å². The molecule has 8 heteroatoms. The van der Waals surface area contributed by atoms with Gasteiger partial charge in [0.1, 0.15) is 24.2 Å². The average Bonchev–Trinajstić information content (AvgIpc) is 2.57. The van der Waals surface area contributed by atoms with Crippen molar-refractivity contribution in [2.75, 3.05) is 13.2 Å². The van der Waals surface area contributed by atoms with E-state index >= 15 is 0 Å². The Balaban J connectivity index is 1.76. The maximum Gasteiger partial charge on any atom is 0.157 e. The van der Waals surface area contributed by atoms with Crippen LogP contribution in [-0.4, -0.2) is 39.7 Å². The topological polar surface area (TPSA) is 132 Å². The summed E-state index contributed by atoms with van der Waals surface area (Å²) in [6, 6.07) is 8.49. The summed E-state index contributed by atoms with van der Waals surface area (Å²) in [5, 5.41) is 43.4. The summed E-state index contributed by atoms with van der Waals surface area (Å²) < 4.78 is 5.33. The molecule has 1 atom stereocenters. The first kappa shape index (κ1) is 17.5. The van der Waals surface area contributed by atoms with Crippen LogP contribution in [-0.2, 0) is 6.54 Å². The zero-order valence-electron chi connectivity index (χ0n) is 12.7. The minimum absolute atomic E-state index is 0.0170. The molecule has 0 aliphatic rings. The monoisotopic (exact) mass is 334 g/mol. The number of aliphatic hydroxyl groups excluding tert-OH is 1. The van der Waals surface area contributed by atoms with Gasteiger partial charge in [0, 0.05) is 19.2 Å². The largest absolute Gasteiger partial charge is 0.506 e. The lowest BCUT2D eigenvalue weighted by Gasteiger charge is -2.14. The number of ether oxygens (including phenoxy) is 1. The summed E-state index contributed by atoms with van der Waals surface area (Å²) in [4.78, 5) is 10.5. The SMILES string of the molecule is O=Nc1cc(OCC(O)CNCc2ccc(O)c(O)c2)ccc1O. The van der Waals surface area contributed by atoms with Gasteiger partial charge < -0.3 is 30.5 Å². The second kappa shape index (κ2) is 8.14. The molecule has 2 aromatic carbocycles. The van der Waals surface area contributed by atoms with E-state index in [1.807, 2.05) is 0 Å². The molecule has 0 aromatic heterocycles. The van der Waals surface area contributed by atoms with Gasteiger partial charge in [0.05, 0.1) is 0 Å². The fourth-order valence-electron chi connectivity index (χ4n) is 1.98. The van der Waals surface area contributed by atoms with Crippen LogP contribution < -0.4 is 10.1 Å². The molecule has 0 fully saturated rings.